The van der Waals surface area contributed by atoms with E-state index in [1.807, 2.05) is 0 Å². The Bertz CT molecular complexity index is 1840. The number of pyridine rings is 1. The van der Waals surface area contributed by atoms with Gasteiger partial charge in [0.25, 0.3) is 0 Å². The Balaban J connectivity index is 1.31. The summed E-state index contributed by atoms with van der Waals surface area (Å²) in [5, 5.41) is 0. The van der Waals surface area contributed by atoms with Gasteiger partial charge < -0.3 is 4.57 Å². The first-order chi connectivity index (χ1) is 19.8. The van der Waals surface area contributed by atoms with Crippen LogP contribution in [-0.4, -0.2) is 39.8 Å². The van der Waals surface area contributed by atoms with Crippen molar-refractivity contribution >= 4 is 11.2 Å². The predicted octanol–water partition coefficient (Wildman–Crippen LogP) is 5.72. The minimum atomic E-state index is -4.56. The molecule has 4 aromatic heterocycles. The second-order valence-corrected chi connectivity index (χ2v) is 10.4. The molecule has 6 rings (SSSR count). The van der Waals surface area contributed by atoms with Gasteiger partial charge in [-0.25, -0.2) is 19.7 Å². The highest BCUT2D eigenvalue weighted by molar-refractivity contribution is 5.74. The van der Waals surface area contributed by atoms with E-state index >= 15 is 0 Å². The normalized spacial score (nSPS) is 17.5. The Morgan fingerprint density at radius 3 is 2.31 bits per heavy atom. The highest BCUT2D eigenvalue weighted by Gasteiger charge is 2.49. The number of hydrogen-bond acceptors (Lipinski definition) is 5. The zero-order valence-corrected chi connectivity index (χ0v) is 22.3. The van der Waals surface area contributed by atoms with Gasteiger partial charge in [0.05, 0.1) is 24.4 Å². The predicted molar refractivity (Wildman–Crippen MR) is 140 cm³/mol. The van der Waals surface area contributed by atoms with Crippen LogP contribution in [0.4, 0.5) is 26.3 Å². The number of aryl methyl sites for hydroxylation is 2. The third-order valence-electron chi connectivity index (χ3n) is 7.67. The Hall–Kier alpha value is -4.49. The van der Waals surface area contributed by atoms with Crippen molar-refractivity contribution in [2.24, 2.45) is 20.0 Å². The fraction of sp³-hybridized carbons (Fsp3) is 0.321. The third kappa shape index (κ3) is 4.84. The van der Waals surface area contributed by atoms with Gasteiger partial charge in [-0.15, -0.1) is 0 Å². The molecule has 0 N–H and O–H groups in total. The summed E-state index contributed by atoms with van der Waals surface area (Å²) in [7, 11) is 3.06. The van der Waals surface area contributed by atoms with Crippen LogP contribution in [0.1, 0.15) is 35.7 Å². The maximum Gasteiger partial charge on any atom is 0.434 e. The number of hydrogen-bond donors (Lipinski definition) is 0. The van der Waals surface area contributed by atoms with Crippen LogP contribution in [0.25, 0.3) is 33.9 Å². The first-order valence-electron chi connectivity index (χ1n) is 13.0. The van der Waals surface area contributed by atoms with Crippen LogP contribution >= 0.6 is 0 Å². The molecule has 0 spiro atoms. The van der Waals surface area contributed by atoms with Crippen molar-refractivity contribution in [2.45, 2.75) is 37.7 Å². The second kappa shape index (κ2) is 9.81. The number of halogens is 6. The maximum absolute atomic E-state index is 13.2. The van der Waals surface area contributed by atoms with Crippen molar-refractivity contribution in [3.05, 3.63) is 82.4 Å². The molecule has 1 aliphatic rings. The van der Waals surface area contributed by atoms with Crippen LogP contribution in [0.5, 0.6) is 0 Å². The number of imidazole rings is 2. The first kappa shape index (κ1) is 27.7. The largest absolute Gasteiger partial charge is 0.434 e. The molecular formula is C28H23F6N7O. The van der Waals surface area contributed by atoms with E-state index in [2.05, 4.69) is 19.9 Å². The van der Waals surface area contributed by atoms with Gasteiger partial charge in [-0.1, -0.05) is 24.3 Å². The molecule has 0 atom stereocenters. The topological polar surface area (TPSA) is 83.4 Å². The summed E-state index contributed by atoms with van der Waals surface area (Å²) >= 11 is 0. The lowest BCUT2D eigenvalue weighted by Gasteiger charge is -2.36. The van der Waals surface area contributed by atoms with Gasteiger partial charge in [0.15, 0.2) is 17.2 Å². The average Bonchev–Trinajstić information content (AvgIpc) is 3.41. The summed E-state index contributed by atoms with van der Waals surface area (Å²) in [6, 6.07) is 10.0. The fourth-order valence-corrected chi connectivity index (χ4v) is 5.30. The molecular weight excluding hydrogens is 564 g/mol. The van der Waals surface area contributed by atoms with E-state index in [1.165, 1.54) is 33.1 Å². The van der Waals surface area contributed by atoms with Gasteiger partial charge in [0, 0.05) is 43.5 Å². The molecule has 1 aliphatic carbocycles. The van der Waals surface area contributed by atoms with Gasteiger partial charge >= 0.3 is 18.0 Å². The number of rotatable bonds is 5. The van der Waals surface area contributed by atoms with Crippen molar-refractivity contribution in [1.82, 2.24) is 33.6 Å². The van der Waals surface area contributed by atoms with Crippen molar-refractivity contribution in [2.75, 3.05) is 0 Å². The summed E-state index contributed by atoms with van der Waals surface area (Å²) in [4.78, 5) is 30.3. The highest BCUT2D eigenvalue weighted by atomic mass is 19.4. The van der Waals surface area contributed by atoms with Crippen LogP contribution < -0.4 is 5.69 Å². The van der Waals surface area contributed by atoms with Crippen LogP contribution in [0.15, 0.2) is 59.8 Å². The number of alkyl halides is 6. The van der Waals surface area contributed by atoms with E-state index in [0.29, 0.717) is 33.5 Å². The number of aromatic nitrogens is 7. The molecule has 0 saturated heterocycles. The lowest BCUT2D eigenvalue weighted by atomic mass is 9.71. The Kier molecular flexibility index (Phi) is 6.46. The molecule has 0 radical (unpaired) electrons. The van der Waals surface area contributed by atoms with Crippen molar-refractivity contribution < 1.29 is 26.3 Å². The van der Waals surface area contributed by atoms with E-state index in [4.69, 9.17) is 0 Å². The SMILES string of the molecule is Cn1cc(C(F)(F)F)nc1-c1ccc(Cn2c(=O)n(C)c3cnc(-c4cccnc4C4CC(C(F)(F)F)C4)nc32)cc1. The van der Waals surface area contributed by atoms with Crippen LogP contribution in [0.2, 0.25) is 0 Å². The van der Waals surface area contributed by atoms with Crippen LogP contribution in [-0.2, 0) is 26.8 Å². The second-order valence-electron chi connectivity index (χ2n) is 10.4. The Labute approximate surface area is 234 Å². The third-order valence-corrected chi connectivity index (χ3v) is 7.67. The zero-order valence-electron chi connectivity index (χ0n) is 22.3. The van der Waals surface area contributed by atoms with E-state index in [0.717, 1.165) is 6.20 Å². The Morgan fingerprint density at radius 2 is 1.67 bits per heavy atom. The molecule has 4 heterocycles. The van der Waals surface area contributed by atoms with Crippen molar-refractivity contribution in [3.8, 4) is 22.8 Å². The summed E-state index contributed by atoms with van der Waals surface area (Å²) in [5.41, 5.74) is 1.58. The number of fused-ring (bicyclic) bond motifs is 1. The maximum atomic E-state index is 13.2. The van der Waals surface area contributed by atoms with Crippen molar-refractivity contribution in [1.29, 1.82) is 0 Å². The smallest absolute Gasteiger partial charge is 0.333 e. The molecule has 5 aromatic rings. The number of nitrogens with zero attached hydrogens (tertiary/aromatic N) is 7. The lowest BCUT2D eigenvalue weighted by Crippen LogP contribution is -2.35. The summed E-state index contributed by atoms with van der Waals surface area (Å²) in [5.74, 6) is -1.36. The fourth-order valence-electron chi connectivity index (χ4n) is 5.30. The van der Waals surface area contributed by atoms with Crippen molar-refractivity contribution in [3.63, 3.8) is 0 Å². The van der Waals surface area contributed by atoms with Gasteiger partial charge in [-0.2, -0.15) is 26.3 Å². The van der Waals surface area contributed by atoms with Crippen LogP contribution in [0.3, 0.4) is 0 Å². The molecule has 1 saturated carbocycles. The van der Waals surface area contributed by atoms with Gasteiger partial charge in [-0.3, -0.25) is 14.1 Å². The van der Waals surface area contributed by atoms with E-state index in [9.17, 15) is 31.1 Å². The zero-order chi connectivity index (χ0) is 30.0. The first-order valence-corrected chi connectivity index (χ1v) is 13.0. The molecule has 0 amide bonds. The van der Waals surface area contributed by atoms with E-state index in [1.54, 1.807) is 43.4 Å². The van der Waals surface area contributed by atoms with Gasteiger partial charge in [0.1, 0.15) is 11.3 Å². The Morgan fingerprint density at radius 1 is 0.952 bits per heavy atom. The average molecular weight is 588 g/mol. The van der Waals surface area contributed by atoms with Gasteiger partial charge in [-0.05, 0) is 30.5 Å². The lowest BCUT2D eigenvalue weighted by molar-refractivity contribution is -0.197. The molecule has 0 aliphatic heterocycles. The molecule has 14 heteroatoms. The minimum absolute atomic E-state index is 0.0579. The van der Waals surface area contributed by atoms with E-state index in [-0.39, 0.29) is 42.6 Å². The molecule has 0 bridgehead atoms. The molecule has 218 valence electrons. The van der Waals surface area contributed by atoms with Gasteiger partial charge in [0.2, 0.25) is 0 Å². The molecule has 0 unspecified atom stereocenters. The number of benzene rings is 1. The molecule has 8 nitrogen and oxygen atoms in total. The molecule has 42 heavy (non-hydrogen) atoms. The summed E-state index contributed by atoms with van der Waals surface area (Å²) in [6.45, 7) is 0.108. The standard InChI is InChI=1S/C28H23F6N7O/c1-39-14-21(28(32,33)34)37-24(39)16-7-5-15(6-8-16)13-41-25-20(40(2)26(41)42)12-36-23(38-25)19-4-3-9-35-22(19)17-10-18(11-17)27(29,30)31/h3-9,12,14,17-18H,10-11,13H2,1-2H3. The molecule has 1 fully saturated rings. The monoisotopic (exact) mass is 587 g/mol. The highest BCUT2D eigenvalue weighted by Crippen LogP contribution is 2.50. The summed E-state index contributed by atoms with van der Waals surface area (Å²) in [6.07, 6.45) is -4.99. The quantitative estimate of drug-likeness (QED) is 0.246. The van der Waals surface area contributed by atoms with E-state index < -0.39 is 24.0 Å². The molecule has 1 aromatic carbocycles. The minimum Gasteiger partial charge on any atom is -0.333 e. The van der Waals surface area contributed by atoms with Crippen LogP contribution in [0, 0.1) is 5.92 Å². The summed E-state index contributed by atoms with van der Waals surface area (Å²) < 4.78 is 82.7.